The van der Waals surface area contributed by atoms with Crippen LogP contribution in [0.5, 0.6) is 0 Å². The average molecular weight is 304 g/mol. The zero-order valence-electron chi connectivity index (χ0n) is 8.88. The van der Waals surface area contributed by atoms with Gasteiger partial charge in [0.2, 0.25) is 0 Å². The second-order valence-corrected chi connectivity index (χ2v) is 4.89. The third-order valence-corrected chi connectivity index (χ3v) is 3.08. The lowest BCUT2D eigenvalue weighted by Gasteiger charge is -2.05. The van der Waals surface area contributed by atoms with Crippen molar-refractivity contribution in [2.75, 3.05) is 0 Å². The molecule has 0 aliphatic rings. The predicted octanol–water partition coefficient (Wildman–Crippen LogP) is 5.02. The summed E-state index contributed by atoms with van der Waals surface area (Å²) in [5.74, 6) is -1.01. The van der Waals surface area contributed by atoms with Crippen LogP contribution in [0.25, 0.3) is 0 Å². The molecule has 0 spiro atoms. The summed E-state index contributed by atoms with van der Waals surface area (Å²) in [6, 6.07) is 8.12. The van der Waals surface area contributed by atoms with E-state index in [1.165, 1.54) is 18.2 Å². The number of halogens is 4. The summed E-state index contributed by atoms with van der Waals surface area (Å²) in [4.78, 5) is 12.2. The summed E-state index contributed by atoms with van der Waals surface area (Å²) < 4.78 is 13.2. The molecule has 0 aliphatic heterocycles. The molecule has 2 aromatic carbocycles. The van der Waals surface area contributed by atoms with Crippen LogP contribution in [0.1, 0.15) is 15.9 Å². The SMILES string of the molecule is O=C(c1cc(F)cc(Cl)c1)c1cc(Cl)ccc1Cl. The molecule has 5 heteroatoms. The Kier molecular flexibility index (Phi) is 3.91. The molecule has 0 N–H and O–H groups in total. The first kappa shape index (κ1) is 13.3. The fraction of sp³-hybridized carbons (Fsp3) is 0. The minimum Gasteiger partial charge on any atom is -0.289 e. The van der Waals surface area contributed by atoms with Crippen molar-refractivity contribution in [2.24, 2.45) is 0 Å². The molecule has 2 rings (SSSR count). The lowest BCUT2D eigenvalue weighted by atomic mass is 10.0. The molecular formula is C13H6Cl3FO. The van der Waals surface area contributed by atoms with Gasteiger partial charge in [-0.25, -0.2) is 4.39 Å². The molecule has 0 aliphatic carbocycles. The van der Waals surface area contributed by atoms with Crippen molar-refractivity contribution in [2.45, 2.75) is 0 Å². The van der Waals surface area contributed by atoms with Crippen molar-refractivity contribution >= 4 is 40.6 Å². The molecule has 0 amide bonds. The summed E-state index contributed by atoms with van der Waals surface area (Å²) in [7, 11) is 0. The van der Waals surface area contributed by atoms with E-state index in [0.29, 0.717) is 5.02 Å². The Morgan fingerprint density at radius 1 is 0.944 bits per heavy atom. The van der Waals surface area contributed by atoms with Crippen LogP contribution in [-0.2, 0) is 0 Å². The maximum absolute atomic E-state index is 13.2. The fourth-order valence-corrected chi connectivity index (χ4v) is 2.11. The van der Waals surface area contributed by atoms with E-state index in [1.807, 2.05) is 0 Å². The quantitative estimate of drug-likeness (QED) is 0.712. The topological polar surface area (TPSA) is 17.1 Å². The molecule has 0 bridgehead atoms. The minimum atomic E-state index is -0.580. The van der Waals surface area contributed by atoms with Gasteiger partial charge in [0.15, 0.2) is 5.78 Å². The zero-order valence-corrected chi connectivity index (χ0v) is 11.2. The number of benzene rings is 2. The van der Waals surface area contributed by atoms with Crippen molar-refractivity contribution in [3.8, 4) is 0 Å². The van der Waals surface area contributed by atoms with Crippen molar-refractivity contribution in [1.29, 1.82) is 0 Å². The van der Waals surface area contributed by atoms with Crippen molar-refractivity contribution in [3.63, 3.8) is 0 Å². The van der Waals surface area contributed by atoms with E-state index >= 15 is 0 Å². The van der Waals surface area contributed by atoms with Crippen LogP contribution in [0.2, 0.25) is 15.1 Å². The van der Waals surface area contributed by atoms with Crippen LogP contribution in [0.3, 0.4) is 0 Å². The van der Waals surface area contributed by atoms with E-state index in [2.05, 4.69) is 0 Å². The van der Waals surface area contributed by atoms with Gasteiger partial charge in [-0.1, -0.05) is 34.8 Å². The standard InChI is InChI=1S/C13H6Cl3FO/c14-8-1-2-12(16)11(6-8)13(18)7-3-9(15)5-10(17)4-7/h1-6H. The van der Waals surface area contributed by atoms with Gasteiger partial charge in [-0.3, -0.25) is 4.79 Å². The molecule has 0 aromatic heterocycles. The van der Waals surface area contributed by atoms with Crippen LogP contribution < -0.4 is 0 Å². The molecule has 18 heavy (non-hydrogen) atoms. The number of carbonyl (C=O) groups excluding carboxylic acids is 1. The highest BCUT2D eigenvalue weighted by atomic mass is 35.5. The Hall–Kier alpha value is -1.09. The first-order valence-corrected chi connectivity index (χ1v) is 6.06. The van der Waals surface area contributed by atoms with Crippen molar-refractivity contribution < 1.29 is 9.18 Å². The Morgan fingerprint density at radius 3 is 2.33 bits per heavy atom. The lowest BCUT2D eigenvalue weighted by molar-refractivity contribution is 0.103. The first-order chi connectivity index (χ1) is 8.47. The van der Waals surface area contributed by atoms with Crippen LogP contribution in [0, 0.1) is 5.82 Å². The van der Waals surface area contributed by atoms with Crippen LogP contribution in [-0.4, -0.2) is 5.78 Å². The third-order valence-electron chi connectivity index (χ3n) is 2.30. The van der Waals surface area contributed by atoms with Crippen molar-refractivity contribution in [1.82, 2.24) is 0 Å². The molecule has 0 saturated heterocycles. The highest BCUT2D eigenvalue weighted by Gasteiger charge is 2.15. The molecular weight excluding hydrogens is 297 g/mol. The Morgan fingerprint density at radius 2 is 1.67 bits per heavy atom. The normalized spacial score (nSPS) is 10.4. The monoisotopic (exact) mass is 302 g/mol. The van der Waals surface area contributed by atoms with Gasteiger partial charge < -0.3 is 0 Å². The Balaban J connectivity index is 2.51. The molecule has 0 heterocycles. The van der Waals surface area contributed by atoms with Gasteiger partial charge in [0.1, 0.15) is 5.82 Å². The number of hydrogen-bond donors (Lipinski definition) is 0. The van der Waals surface area contributed by atoms with Crippen LogP contribution in [0.4, 0.5) is 4.39 Å². The second-order valence-electron chi connectivity index (χ2n) is 3.61. The Bertz CT molecular complexity index is 605. The maximum atomic E-state index is 13.2. The largest absolute Gasteiger partial charge is 0.289 e. The lowest BCUT2D eigenvalue weighted by Crippen LogP contribution is -2.03. The predicted molar refractivity (Wildman–Crippen MR) is 71.3 cm³/mol. The van der Waals surface area contributed by atoms with E-state index in [9.17, 15) is 9.18 Å². The van der Waals surface area contributed by atoms with E-state index in [0.717, 1.165) is 12.1 Å². The van der Waals surface area contributed by atoms with Gasteiger partial charge >= 0.3 is 0 Å². The van der Waals surface area contributed by atoms with Gasteiger partial charge in [0.05, 0.1) is 5.02 Å². The van der Waals surface area contributed by atoms with E-state index < -0.39 is 11.6 Å². The number of carbonyl (C=O) groups is 1. The first-order valence-electron chi connectivity index (χ1n) is 4.93. The molecule has 0 atom stereocenters. The van der Waals surface area contributed by atoms with Gasteiger partial charge in [-0.15, -0.1) is 0 Å². The molecule has 0 unspecified atom stereocenters. The molecule has 92 valence electrons. The Labute approximate surface area is 118 Å². The van der Waals surface area contributed by atoms with Gasteiger partial charge in [0.25, 0.3) is 0 Å². The summed E-state index contributed by atoms with van der Waals surface area (Å²) in [5.41, 5.74) is 0.343. The van der Waals surface area contributed by atoms with Gasteiger partial charge in [-0.05, 0) is 36.4 Å². The second kappa shape index (κ2) is 5.27. The van der Waals surface area contributed by atoms with Crippen LogP contribution >= 0.6 is 34.8 Å². The number of ketones is 1. The number of rotatable bonds is 2. The highest BCUT2D eigenvalue weighted by Crippen LogP contribution is 2.24. The zero-order chi connectivity index (χ0) is 13.3. The number of hydrogen-bond acceptors (Lipinski definition) is 1. The van der Waals surface area contributed by atoms with Gasteiger partial charge in [0, 0.05) is 21.2 Å². The molecule has 1 nitrogen and oxygen atoms in total. The average Bonchev–Trinajstić information content (AvgIpc) is 2.30. The highest BCUT2D eigenvalue weighted by molar-refractivity contribution is 6.37. The molecule has 0 fully saturated rings. The smallest absolute Gasteiger partial charge is 0.194 e. The third kappa shape index (κ3) is 2.83. The molecule has 2 aromatic rings. The van der Waals surface area contributed by atoms with E-state index in [1.54, 1.807) is 6.07 Å². The van der Waals surface area contributed by atoms with Crippen LogP contribution in [0.15, 0.2) is 36.4 Å². The summed E-state index contributed by atoms with van der Waals surface area (Å²) >= 11 is 17.4. The van der Waals surface area contributed by atoms with E-state index in [4.69, 9.17) is 34.8 Å². The molecule has 0 saturated carbocycles. The summed E-state index contributed by atoms with van der Waals surface area (Å²) in [5, 5.41) is 0.784. The minimum absolute atomic E-state index is 0.129. The summed E-state index contributed by atoms with van der Waals surface area (Å²) in [6.07, 6.45) is 0. The van der Waals surface area contributed by atoms with E-state index in [-0.39, 0.29) is 21.2 Å². The summed E-state index contributed by atoms with van der Waals surface area (Å²) in [6.45, 7) is 0. The van der Waals surface area contributed by atoms with Crippen molar-refractivity contribution in [3.05, 3.63) is 68.4 Å². The fourth-order valence-electron chi connectivity index (χ4n) is 1.51. The molecule has 0 radical (unpaired) electrons. The van der Waals surface area contributed by atoms with Gasteiger partial charge in [-0.2, -0.15) is 0 Å². The maximum Gasteiger partial charge on any atom is 0.194 e.